The van der Waals surface area contributed by atoms with Gasteiger partial charge in [-0.2, -0.15) is 0 Å². The number of likely N-dealkylation sites (N-methyl/N-ethyl adjacent to an activating group) is 1. The number of hydrogen-bond donors (Lipinski definition) is 0. The Morgan fingerprint density at radius 3 is 2.50 bits per heavy atom. The van der Waals surface area contributed by atoms with E-state index >= 15 is 0 Å². The number of methoxy groups -OCH3 is 1. The van der Waals surface area contributed by atoms with Gasteiger partial charge >= 0.3 is 5.97 Å². The summed E-state index contributed by atoms with van der Waals surface area (Å²) in [7, 11) is 3.07. The third-order valence-electron chi connectivity index (χ3n) is 3.44. The van der Waals surface area contributed by atoms with Gasteiger partial charge in [0.05, 0.1) is 12.7 Å². The van der Waals surface area contributed by atoms with Crippen LogP contribution in [0.25, 0.3) is 6.08 Å². The van der Waals surface area contributed by atoms with Gasteiger partial charge in [-0.15, -0.1) is 0 Å². The second-order valence-electron chi connectivity index (χ2n) is 5.27. The molecular formula is C19H18ClNO3. The van der Waals surface area contributed by atoms with E-state index in [0.717, 1.165) is 11.1 Å². The zero-order valence-electron chi connectivity index (χ0n) is 13.5. The van der Waals surface area contributed by atoms with Crippen molar-refractivity contribution in [1.29, 1.82) is 0 Å². The molecule has 0 saturated heterocycles. The maximum absolute atomic E-state index is 12.2. The van der Waals surface area contributed by atoms with E-state index < -0.39 is 0 Å². The van der Waals surface area contributed by atoms with E-state index in [1.165, 1.54) is 13.2 Å². The largest absolute Gasteiger partial charge is 0.465 e. The molecule has 0 N–H and O–H groups in total. The van der Waals surface area contributed by atoms with Crippen LogP contribution >= 0.6 is 11.6 Å². The van der Waals surface area contributed by atoms with Gasteiger partial charge in [0, 0.05) is 24.7 Å². The van der Waals surface area contributed by atoms with Crippen molar-refractivity contribution in [2.45, 2.75) is 6.54 Å². The highest BCUT2D eigenvalue weighted by Gasteiger charge is 2.07. The molecule has 2 aromatic rings. The van der Waals surface area contributed by atoms with E-state index in [-0.39, 0.29) is 11.9 Å². The van der Waals surface area contributed by atoms with Crippen LogP contribution in [0.5, 0.6) is 0 Å². The van der Waals surface area contributed by atoms with Gasteiger partial charge < -0.3 is 9.64 Å². The van der Waals surface area contributed by atoms with Crippen molar-refractivity contribution in [3.8, 4) is 0 Å². The molecule has 0 radical (unpaired) electrons. The number of benzene rings is 2. The first-order valence-electron chi connectivity index (χ1n) is 7.35. The number of carbonyl (C=O) groups excluding carboxylic acids is 2. The Kier molecular flexibility index (Phi) is 6.15. The summed E-state index contributed by atoms with van der Waals surface area (Å²) in [6.45, 7) is 0.477. The first kappa shape index (κ1) is 17.8. The van der Waals surface area contributed by atoms with Gasteiger partial charge in [-0.3, -0.25) is 4.79 Å². The lowest BCUT2D eigenvalue weighted by Crippen LogP contribution is -2.24. The summed E-state index contributed by atoms with van der Waals surface area (Å²) in [5.41, 5.74) is 2.26. The molecule has 0 bridgehead atoms. The summed E-state index contributed by atoms with van der Waals surface area (Å²) >= 11 is 5.94. The van der Waals surface area contributed by atoms with Crippen molar-refractivity contribution in [3.63, 3.8) is 0 Å². The summed E-state index contributed by atoms with van der Waals surface area (Å²) < 4.78 is 4.64. The molecule has 5 heteroatoms. The second kappa shape index (κ2) is 8.31. The topological polar surface area (TPSA) is 46.6 Å². The zero-order valence-corrected chi connectivity index (χ0v) is 14.3. The van der Waals surface area contributed by atoms with Gasteiger partial charge in [-0.25, -0.2) is 4.79 Å². The summed E-state index contributed by atoms with van der Waals surface area (Å²) in [5, 5.41) is 0.648. The Morgan fingerprint density at radius 1 is 1.17 bits per heavy atom. The Balaban J connectivity index is 1.97. The molecule has 0 spiro atoms. The van der Waals surface area contributed by atoms with Crippen LogP contribution in [0.1, 0.15) is 21.5 Å². The predicted molar refractivity (Wildman–Crippen MR) is 94.7 cm³/mol. The van der Waals surface area contributed by atoms with E-state index in [4.69, 9.17) is 11.6 Å². The van der Waals surface area contributed by atoms with E-state index in [1.54, 1.807) is 48.4 Å². The molecule has 2 rings (SSSR count). The molecule has 0 unspecified atom stereocenters. The number of amides is 1. The van der Waals surface area contributed by atoms with Gasteiger partial charge in [0.1, 0.15) is 0 Å². The maximum atomic E-state index is 12.2. The summed E-state index contributed by atoms with van der Waals surface area (Å²) in [5.74, 6) is -0.505. The van der Waals surface area contributed by atoms with Crippen LogP contribution in [-0.2, 0) is 16.1 Å². The Morgan fingerprint density at radius 2 is 1.88 bits per heavy atom. The smallest absolute Gasteiger partial charge is 0.337 e. The number of carbonyl (C=O) groups is 2. The molecule has 0 heterocycles. The number of halogens is 1. The summed E-state index contributed by atoms with van der Waals surface area (Å²) in [4.78, 5) is 25.1. The lowest BCUT2D eigenvalue weighted by atomic mass is 10.1. The maximum Gasteiger partial charge on any atom is 0.337 e. The van der Waals surface area contributed by atoms with Crippen LogP contribution in [0.2, 0.25) is 5.02 Å². The minimum atomic E-state index is -0.386. The summed E-state index contributed by atoms with van der Waals surface area (Å²) in [6.07, 6.45) is 3.20. The molecule has 2 aromatic carbocycles. The number of hydrogen-bond acceptors (Lipinski definition) is 3. The van der Waals surface area contributed by atoms with Gasteiger partial charge in [-0.1, -0.05) is 35.9 Å². The normalized spacial score (nSPS) is 10.6. The molecule has 1 amide bonds. The molecule has 4 nitrogen and oxygen atoms in total. The Hall–Kier alpha value is -2.59. The van der Waals surface area contributed by atoms with Gasteiger partial charge in [0.25, 0.3) is 0 Å². The predicted octanol–water partition coefficient (Wildman–Crippen LogP) is 3.80. The van der Waals surface area contributed by atoms with Crippen molar-refractivity contribution in [2.24, 2.45) is 0 Å². The first-order valence-corrected chi connectivity index (χ1v) is 7.73. The zero-order chi connectivity index (χ0) is 17.5. The van der Waals surface area contributed by atoms with Crippen LogP contribution in [0.4, 0.5) is 0 Å². The van der Waals surface area contributed by atoms with Crippen molar-refractivity contribution < 1.29 is 14.3 Å². The monoisotopic (exact) mass is 343 g/mol. The SMILES string of the molecule is COC(=O)c1ccc(/C=C/C(=O)N(C)Cc2cccc(Cl)c2)cc1. The highest BCUT2D eigenvalue weighted by molar-refractivity contribution is 6.30. The molecule has 0 aliphatic rings. The molecule has 0 aliphatic carbocycles. The third-order valence-corrected chi connectivity index (χ3v) is 3.67. The van der Waals surface area contributed by atoms with Crippen LogP contribution in [0, 0.1) is 0 Å². The van der Waals surface area contributed by atoms with Crippen molar-refractivity contribution >= 4 is 29.6 Å². The number of esters is 1. The van der Waals surface area contributed by atoms with Gasteiger partial charge in [0.15, 0.2) is 0 Å². The van der Waals surface area contributed by atoms with Crippen molar-refractivity contribution in [1.82, 2.24) is 4.90 Å². The van der Waals surface area contributed by atoms with Crippen LogP contribution in [0.3, 0.4) is 0 Å². The number of nitrogens with zero attached hydrogens (tertiary/aromatic N) is 1. The first-order chi connectivity index (χ1) is 11.5. The van der Waals surface area contributed by atoms with Gasteiger partial charge in [-0.05, 0) is 41.5 Å². The average Bonchev–Trinajstić information content (AvgIpc) is 2.59. The number of rotatable bonds is 5. The van der Waals surface area contributed by atoms with E-state index in [2.05, 4.69) is 4.74 Å². The number of ether oxygens (including phenoxy) is 1. The molecule has 0 atom stereocenters. The molecule has 24 heavy (non-hydrogen) atoms. The van der Waals surface area contributed by atoms with Crippen LogP contribution in [-0.4, -0.2) is 30.9 Å². The molecule has 0 saturated carbocycles. The fraction of sp³-hybridized carbons (Fsp3) is 0.158. The third kappa shape index (κ3) is 4.96. The van der Waals surface area contributed by atoms with Gasteiger partial charge in [0.2, 0.25) is 5.91 Å². The van der Waals surface area contributed by atoms with E-state index in [0.29, 0.717) is 17.1 Å². The molecule has 0 aromatic heterocycles. The molecule has 124 valence electrons. The second-order valence-corrected chi connectivity index (χ2v) is 5.71. The minimum absolute atomic E-state index is 0.119. The lowest BCUT2D eigenvalue weighted by molar-refractivity contribution is -0.125. The Bertz CT molecular complexity index is 753. The van der Waals surface area contributed by atoms with E-state index in [9.17, 15) is 9.59 Å². The van der Waals surface area contributed by atoms with Crippen molar-refractivity contribution in [2.75, 3.05) is 14.2 Å². The fourth-order valence-corrected chi connectivity index (χ4v) is 2.34. The Labute approximate surface area is 146 Å². The quantitative estimate of drug-likeness (QED) is 0.613. The average molecular weight is 344 g/mol. The fourth-order valence-electron chi connectivity index (χ4n) is 2.13. The molecular weight excluding hydrogens is 326 g/mol. The van der Waals surface area contributed by atoms with E-state index in [1.807, 2.05) is 18.2 Å². The highest BCUT2D eigenvalue weighted by atomic mass is 35.5. The highest BCUT2D eigenvalue weighted by Crippen LogP contribution is 2.13. The minimum Gasteiger partial charge on any atom is -0.465 e. The standard InChI is InChI=1S/C19H18ClNO3/c1-21(13-15-4-3-5-17(20)12-15)18(22)11-8-14-6-9-16(10-7-14)19(23)24-2/h3-12H,13H2,1-2H3/b11-8+. The van der Waals surface area contributed by atoms with Crippen LogP contribution in [0.15, 0.2) is 54.6 Å². The molecule has 0 fully saturated rings. The van der Waals surface area contributed by atoms with Crippen molar-refractivity contribution in [3.05, 3.63) is 76.3 Å². The lowest BCUT2D eigenvalue weighted by Gasteiger charge is -2.15. The molecule has 0 aliphatic heterocycles. The summed E-state index contributed by atoms with van der Waals surface area (Å²) in [6, 6.07) is 14.2. The van der Waals surface area contributed by atoms with Crippen LogP contribution < -0.4 is 0 Å².